The molecule has 1 N–H and O–H groups in total. The maximum atomic E-state index is 9.97. The highest BCUT2D eigenvalue weighted by atomic mass is 16.3. The van der Waals surface area contributed by atoms with E-state index in [9.17, 15) is 5.11 Å². The summed E-state index contributed by atoms with van der Waals surface area (Å²) in [4.78, 5) is 4.76. The zero-order chi connectivity index (χ0) is 15.4. The molecule has 2 aromatic rings. The number of aliphatic hydroxyl groups is 1. The highest BCUT2D eigenvalue weighted by Crippen LogP contribution is 2.27. The van der Waals surface area contributed by atoms with Crippen LogP contribution >= 0.6 is 0 Å². The van der Waals surface area contributed by atoms with Crippen molar-refractivity contribution in [1.29, 1.82) is 0 Å². The third-order valence-corrected chi connectivity index (χ3v) is 3.81. The van der Waals surface area contributed by atoms with Crippen LogP contribution in [0.1, 0.15) is 42.1 Å². The van der Waals surface area contributed by atoms with Gasteiger partial charge in [0.1, 0.15) is 0 Å². The number of aliphatic hydroxyl groups excluding tert-OH is 1. The van der Waals surface area contributed by atoms with Gasteiger partial charge >= 0.3 is 0 Å². The lowest BCUT2D eigenvalue weighted by Gasteiger charge is -2.13. The number of hydrogen-bond acceptors (Lipinski definition) is 2. The lowest BCUT2D eigenvalue weighted by atomic mass is 9.96. The molecular formula is C19H25NO. The van der Waals surface area contributed by atoms with Crippen LogP contribution in [0, 0.1) is 20.8 Å². The van der Waals surface area contributed by atoms with E-state index >= 15 is 0 Å². The molecule has 0 saturated heterocycles. The van der Waals surface area contributed by atoms with Crippen molar-refractivity contribution in [2.75, 3.05) is 0 Å². The average Bonchev–Trinajstić information content (AvgIpc) is 2.38. The Labute approximate surface area is 127 Å². The van der Waals surface area contributed by atoms with Gasteiger partial charge in [0.25, 0.3) is 0 Å². The van der Waals surface area contributed by atoms with Crippen molar-refractivity contribution in [2.45, 2.75) is 53.1 Å². The summed E-state index contributed by atoms with van der Waals surface area (Å²) in [7, 11) is 0. The largest absolute Gasteiger partial charge is 0.393 e. The fraction of sp³-hybridized carbons (Fsp3) is 0.421. The number of aryl methyl sites for hydroxylation is 3. The summed E-state index contributed by atoms with van der Waals surface area (Å²) < 4.78 is 0. The van der Waals surface area contributed by atoms with Gasteiger partial charge in [-0.1, -0.05) is 37.1 Å². The Morgan fingerprint density at radius 2 is 1.76 bits per heavy atom. The van der Waals surface area contributed by atoms with Gasteiger partial charge in [-0.15, -0.1) is 0 Å². The standard InChI is InChI=1S/C19H25NO/c1-5-7-17(21)12-16-8-6-9-18(20-16)19-14(3)10-13(2)11-15(19)4/h6,8-11,17,21H,5,7,12H2,1-4H3/t17-/m0/s1. The smallest absolute Gasteiger partial charge is 0.0710 e. The number of pyridine rings is 1. The summed E-state index contributed by atoms with van der Waals surface area (Å²) in [6, 6.07) is 10.5. The second-order valence-corrected chi connectivity index (χ2v) is 5.93. The SMILES string of the molecule is CCC[C@H](O)Cc1cccc(-c2c(C)cc(C)cc2C)n1. The van der Waals surface area contributed by atoms with Crippen molar-refractivity contribution in [3.8, 4) is 11.3 Å². The van der Waals surface area contributed by atoms with Gasteiger partial charge in [-0.3, -0.25) is 4.98 Å². The molecule has 0 aliphatic heterocycles. The molecule has 0 fully saturated rings. The van der Waals surface area contributed by atoms with Crippen LogP contribution < -0.4 is 0 Å². The summed E-state index contributed by atoms with van der Waals surface area (Å²) in [6.07, 6.45) is 2.16. The van der Waals surface area contributed by atoms with E-state index in [-0.39, 0.29) is 6.10 Å². The Hall–Kier alpha value is -1.67. The molecular weight excluding hydrogens is 258 g/mol. The van der Waals surface area contributed by atoms with Gasteiger partial charge in [0.15, 0.2) is 0 Å². The third kappa shape index (κ3) is 3.92. The normalized spacial score (nSPS) is 12.4. The predicted molar refractivity (Wildman–Crippen MR) is 88.5 cm³/mol. The van der Waals surface area contributed by atoms with Crippen LogP contribution in [0.4, 0.5) is 0 Å². The lowest BCUT2D eigenvalue weighted by molar-refractivity contribution is 0.163. The molecule has 21 heavy (non-hydrogen) atoms. The highest BCUT2D eigenvalue weighted by molar-refractivity contribution is 5.68. The molecule has 1 heterocycles. The van der Waals surface area contributed by atoms with Gasteiger partial charge in [0.05, 0.1) is 11.8 Å². The van der Waals surface area contributed by atoms with Crippen molar-refractivity contribution >= 4 is 0 Å². The molecule has 1 aromatic carbocycles. The highest BCUT2D eigenvalue weighted by Gasteiger charge is 2.10. The van der Waals surface area contributed by atoms with E-state index in [0.29, 0.717) is 6.42 Å². The molecule has 0 unspecified atom stereocenters. The fourth-order valence-corrected chi connectivity index (χ4v) is 2.99. The lowest BCUT2D eigenvalue weighted by Crippen LogP contribution is -2.11. The van der Waals surface area contributed by atoms with E-state index in [1.807, 2.05) is 12.1 Å². The van der Waals surface area contributed by atoms with E-state index in [2.05, 4.69) is 45.9 Å². The second-order valence-electron chi connectivity index (χ2n) is 5.93. The molecule has 2 heteroatoms. The Morgan fingerprint density at radius 1 is 1.10 bits per heavy atom. The van der Waals surface area contributed by atoms with Gasteiger partial charge in [-0.25, -0.2) is 0 Å². The van der Waals surface area contributed by atoms with Crippen molar-refractivity contribution in [3.63, 3.8) is 0 Å². The van der Waals surface area contributed by atoms with E-state index in [1.54, 1.807) is 0 Å². The van der Waals surface area contributed by atoms with Crippen LogP contribution in [0.25, 0.3) is 11.3 Å². The van der Waals surface area contributed by atoms with Crippen LogP contribution in [0.5, 0.6) is 0 Å². The van der Waals surface area contributed by atoms with E-state index in [0.717, 1.165) is 24.2 Å². The van der Waals surface area contributed by atoms with Gasteiger partial charge in [-0.2, -0.15) is 0 Å². The zero-order valence-electron chi connectivity index (χ0n) is 13.5. The number of nitrogens with zero attached hydrogens (tertiary/aromatic N) is 1. The molecule has 2 rings (SSSR count). The van der Waals surface area contributed by atoms with Crippen molar-refractivity contribution in [1.82, 2.24) is 4.98 Å². The molecule has 0 amide bonds. The molecule has 0 radical (unpaired) electrons. The molecule has 0 aliphatic carbocycles. The second kappa shape index (κ2) is 6.86. The van der Waals surface area contributed by atoms with Crippen LogP contribution in [0.3, 0.4) is 0 Å². The first-order chi connectivity index (χ1) is 10.0. The van der Waals surface area contributed by atoms with Crippen LogP contribution in [-0.2, 0) is 6.42 Å². The van der Waals surface area contributed by atoms with E-state index < -0.39 is 0 Å². The van der Waals surface area contributed by atoms with Crippen LogP contribution in [-0.4, -0.2) is 16.2 Å². The van der Waals surface area contributed by atoms with Crippen LogP contribution in [0.15, 0.2) is 30.3 Å². The number of rotatable bonds is 5. The first-order valence-corrected chi connectivity index (χ1v) is 7.73. The minimum atomic E-state index is -0.294. The minimum absolute atomic E-state index is 0.294. The van der Waals surface area contributed by atoms with Crippen molar-refractivity contribution in [3.05, 3.63) is 52.7 Å². The fourth-order valence-electron chi connectivity index (χ4n) is 2.99. The molecule has 0 spiro atoms. The molecule has 112 valence electrons. The maximum Gasteiger partial charge on any atom is 0.0710 e. The van der Waals surface area contributed by atoms with E-state index in [4.69, 9.17) is 4.98 Å². The Bertz CT molecular complexity index is 596. The maximum absolute atomic E-state index is 9.97. The summed E-state index contributed by atoms with van der Waals surface area (Å²) in [5.41, 5.74) is 6.98. The monoisotopic (exact) mass is 283 g/mol. The molecule has 1 aromatic heterocycles. The number of hydrogen-bond donors (Lipinski definition) is 1. The van der Waals surface area contributed by atoms with Crippen LogP contribution in [0.2, 0.25) is 0 Å². The molecule has 2 nitrogen and oxygen atoms in total. The Balaban J connectivity index is 2.33. The number of aromatic nitrogens is 1. The topological polar surface area (TPSA) is 33.1 Å². The van der Waals surface area contributed by atoms with Gasteiger partial charge in [0.2, 0.25) is 0 Å². The summed E-state index contributed by atoms with van der Waals surface area (Å²) in [6.45, 7) is 8.48. The van der Waals surface area contributed by atoms with Gasteiger partial charge in [0, 0.05) is 17.7 Å². The number of benzene rings is 1. The summed E-state index contributed by atoms with van der Waals surface area (Å²) in [5, 5.41) is 9.97. The van der Waals surface area contributed by atoms with E-state index in [1.165, 1.54) is 22.3 Å². The molecule has 1 atom stereocenters. The Morgan fingerprint density at radius 3 is 2.38 bits per heavy atom. The Kier molecular flexibility index (Phi) is 5.13. The van der Waals surface area contributed by atoms with Crippen molar-refractivity contribution < 1.29 is 5.11 Å². The molecule has 0 bridgehead atoms. The minimum Gasteiger partial charge on any atom is -0.393 e. The average molecular weight is 283 g/mol. The quantitative estimate of drug-likeness (QED) is 0.883. The molecule has 0 saturated carbocycles. The first-order valence-electron chi connectivity index (χ1n) is 7.73. The molecule has 0 aliphatic rings. The third-order valence-electron chi connectivity index (χ3n) is 3.81. The van der Waals surface area contributed by atoms with Crippen molar-refractivity contribution in [2.24, 2.45) is 0 Å². The summed E-state index contributed by atoms with van der Waals surface area (Å²) in [5.74, 6) is 0. The zero-order valence-corrected chi connectivity index (χ0v) is 13.5. The first kappa shape index (κ1) is 15.7. The summed E-state index contributed by atoms with van der Waals surface area (Å²) >= 11 is 0. The predicted octanol–water partition coefficient (Wildman–Crippen LogP) is 4.38. The van der Waals surface area contributed by atoms with Gasteiger partial charge < -0.3 is 5.11 Å². The van der Waals surface area contributed by atoms with Gasteiger partial charge in [-0.05, 0) is 50.5 Å².